The number of carbonyl (C=O) groups is 2. The van der Waals surface area contributed by atoms with Crippen molar-refractivity contribution in [2.75, 3.05) is 44.2 Å². The Bertz CT molecular complexity index is 1390. The number of amides is 1. The van der Waals surface area contributed by atoms with Crippen LogP contribution in [-0.2, 0) is 24.4 Å². The molecule has 1 amide bonds. The number of esters is 1. The molecule has 0 radical (unpaired) electrons. The highest BCUT2D eigenvalue weighted by atomic mass is 19.1. The first-order valence-corrected chi connectivity index (χ1v) is 13.2. The lowest BCUT2D eigenvalue weighted by atomic mass is 9.56. The molecule has 1 saturated heterocycles. The molecule has 11 heteroatoms. The van der Waals surface area contributed by atoms with Crippen molar-refractivity contribution in [3.63, 3.8) is 0 Å². The lowest BCUT2D eigenvalue weighted by molar-refractivity contribution is -0.134. The van der Waals surface area contributed by atoms with Crippen molar-refractivity contribution in [1.29, 1.82) is 0 Å². The molecule has 0 saturated carbocycles. The van der Waals surface area contributed by atoms with Gasteiger partial charge in [-0.1, -0.05) is 12.1 Å². The van der Waals surface area contributed by atoms with Crippen molar-refractivity contribution >= 4 is 45.3 Å². The molecule has 206 valence electrons. The van der Waals surface area contributed by atoms with E-state index in [1.807, 2.05) is 52.9 Å². The summed E-state index contributed by atoms with van der Waals surface area (Å²) < 4.78 is 25.8. The summed E-state index contributed by atoms with van der Waals surface area (Å²) in [6, 6.07) is 12.2. The van der Waals surface area contributed by atoms with E-state index >= 15 is 4.39 Å². The van der Waals surface area contributed by atoms with Gasteiger partial charge in [-0.25, -0.2) is 19.2 Å². The maximum atomic E-state index is 15.6. The van der Waals surface area contributed by atoms with Gasteiger partial charge in [0.1, 0.15) is 33.1 Å². The third-order valence-corrected chi connectivity index (χ3v) is 7.15. The number of halogens is 1. The van der Waals surface area contributed by atoms with Crippen LogP contribution in [0.3, 0.4) is 0 Å². The van der Waals surface area contributed by atoms with E-state index in [0.717, 1.165) is 5.82 Å². The molecule has 1 fully saturated rings. The number of benzene rings is 1. The van der Waals surface area contributed by atoms with Gasteiger partial charge < -0.3 is 19.3 Å². The predicted molar refractivity (Wildman–Crippen MR) is 159 cm³/mol. The first-order valence-electron chi connectivity index (χ1n) is 13.2. The largest absolute Gasteiger partial charge is 0.466 e. The number of ether oxygens (including phenoxy) is 2. The molecule has 0 bridgehead atoms. The second-order valence-electron chi connectivity index (χ2n) is 10.4. The molecular weight excluding hydrogens is 509 g/mol. The smallest absolute Gasteiger partial charge is 0.330 e. The first kappa shape index (κ1) is 29.0. The highest BCUT2D eigenvalue weighted by Crippen LogP contribution is 2.34. The van der Waals surface area contributed by atoms with E-state index in [1.54, 1.807) is 41.6 Å². The van der Waals surface area contributed by atoms with Crippen molar-refractivity contribution < 1.29 is 23.5 Å². The van der Waals surface area contributed by atoms with Crippen LogP contribution < -0.4 is 9.80 Å². The lowest BCUT2D eigenvalue weighted by Gasteiger charge is -2.41. The molecular formula is C29H33B2FN4O4. The van der Waals surface area contributed by atoms with Crippen LogP contribution in [0.5, 0.6) is 0 Å². The average molecular weight is 542 g/mol. The quantitative estimate of drug-likeness (QED) is 0.246. The van der Waals surface area contributed by atoms with Crippen molar-refractivity contribution in [2.45, 2.75) is 18.2 Å². The molecule has 1 aliphatic rings. The van der Waals surface area contributed by atoms with E-state index in [-0.39, 0.29) is 11.8 Å². The summed E-state index contributed by atoms with van der Waals surface area (Å²) >= 11 is 0. The Balaban J connectivity index is 1.73. The number of anilines is 2. The standard InChI is InChI=1S/C29H33B2FN4O4/c1-35(2)25-8-5-21(18-34-25)23-7-6-22(17-24(23)32)29(30,31)36(28(38)20-11-14-40-15-12-20)26-16-19(10-13-33-26)4-9-27(37)39-3/h4-10,13,16-18,20H,11-12,14-15,30-31H2,1-3H3/b9-4+. The topological polar surface area (TPSA) is 84.9 Å². The summed E-state index contributed by atoms with van der Waals surface area (Å²) in [6.07, 6.45) is 7.33. The molecule has 0 aliphatic carbocycles. The Hall–Kier alpha value is -3.98. The van der Waals surface area contributed by atoms with E-state index in [4.69, 9.17) is 4.74 Å². The molecule has 3 heterocycles. The molecule has 3 aromatic rings. The maximum absolute atomic E-state index is 15.6. The fraction of sp³-hybridized carbons (Fsp3) is 0.310. The highest BCUT2D eigenvalue weighted by Gasteiger charge is 2.38. The number of pyridine rings is 2. The monoisotopic (exact) mass is 542 g/mol. The third kappa shape index (κ3) is 6.42. The third-order valence-electron chi connectivity index (χ3n) is 7.15. The van der Waals surface area contributed by atoms with E-state index in [1.165, 1.54) is 19.3 Å². The second kappa shape index (κ2) is 12.5. The normalized spacial score (nSPS) is 14.2. The van der Waals surface area contributed by atoms with Gasteiger partial charge in [-0.2, -0.15) is 0 Å². The highest BCUT2D eigenvalue weighted by molar-refractivity contribution is 6.43. The van der Waals surface area contributed by atoms with Gasteiger partial charge in [0.05, 0.1) is 7.11 Å². The summed E-state index contributed by atoms with van der Waals surface area (Å²) in [4.78, 5) is 38.1. The number of rotatable bonds is 8. The molecule has 0 N–H and O–H groups in total. The zero-order valence-electron chi connectivity index (χ0n) is 23.6. The van der Waals surface area contributed by atoms with Gasteiger partial charge in [-0.05, 0) is 60.4 Å². The summed E-state index contributed by atoms with van der Waals surface area (Å²) in [6.45, 7) is 1.01. The first-order chi connectivity index (χ1) is 19.1. The molecule has 0 atom stereocenters. The molecule has 4 rings (SSSR count). The Morgan fingerprint density at radius 3 is 2.45 bits per heavy atom. The van der Waals surface area contributed by atoms with Crippen molar-refractivity contribution in [2.24, 2.45) is 5.92 Å². The fourth-order valence-corrected chi connectivity index (χ4v) is 4.76. The van der Waals surface area contributed by atoms with E-state index < -0.39 is 17.1 Å². The summed E-state index contributed by atoms with van der Waals surface area (Å²) in [5.41, 5.74) is 2.37. The van der Waals surface area contributed by atoms with Gasteiger partial charge in [0.25, 0.3) is 0 Å². The number of methoxy groups -OCH3 is 1. The van der Waals surface area contributed by atoms with Gasteiger partial charge in [-0.15, -0.1) is 0 Å². The van der Waals surface area contributed by atoms with Crippen molar-refractivity contribution in [1.82, 2.24) is 9.97 Å². The van der Waals surface area contributed by atoms with Crippen LogP contribution in [0.4, 0.5) is 16.0 Å². The van der Waals surface area contributed by atoms with Gasteiger partial charge >= 0.3 is 5.97 Å². The summed E-state index contributed by atoms with van der Waals surface area (Å²) in [7, 11) is 8.86. The minimum Gasteiger partial charge on any atom is -0.466 e. The van der Waals surface area contributed by atoms with E-state index in [9.17, 15) is 9.59 Å². The van der Waals surface area contributed by atoms with Crippen LogP contribution in [0.1, 0.15) is 24.0 Å². The van der Waals surface area contributed by atoms with Crippen LogP contribution >= 0.6 is 0 Å². The lowest BCUT2D eigenvalue weighted by Crippen LogP contribution is -2.54. The molecule has 8 nitrogen and oxygen atoms in total. The molecule has 0 spiro atoms. The summed E-state index contributed by atoms with van der Waals surface area (Å²) in [5.74, 6) is -0.0822. The fourth-order valence-electron chi connectivity index (χ4n) is 4.76. The van der Waals surface area contributed by atoms with Crippen molar-refractivity contribution in [3.05, 3.63) is 77.9 Å². The van der Waals surface area contributed by atoms with Gasteiger partial charge in [0.15, 0.2) is 0 Å². The number of hydrogen-bond acceptors (Lipinski definition) is 7. The Morgan fingerprint density at radius 1 is 1.07 bits per heavy atom. The van der Waals surface area contributed by atoms with Crippen LogP contribution in [0.15, 0.2) is 60.9 Å². The molecule has 2 aromatic heterocycles. The molecule has 40 heavy (non-hydrogen) atoms. The van der Waals surface area contributed by atoms with Crippen LogP contribution in [0, 0.1) is 11.7 Å². The number of aromatic nitrogens is 2. The van der Waals surface area contributed by atoms with Crippen molar-refractivity contribution in [3.8, 4) is 11.1 Å². The molecule has 1 aliphatic heterocycles. The van der Waals surface area contributed by atoms with Crippen LogP contribution in [0.25, 0.3) is 17.2 Å². The van der Waals surface area contributed by atoms with Gasteiger partial charge in [-0.3, -0.25) is 4.79 Å². The zero-order valence-corrected chi connectivity index (χ0v) is 23.6. The minimum absolute atomic E-state index is 0.108. The van der Waals surface area contributed by atoms with Gasteiger partial charge in [0.2, 0.25) is 5.91 Å². The Labute approximate surface area is 236 Å². The summed E-state index contributed by atoms with van der Waals surface area (Å²) in [5, 5.41) is -0.959. The average Bonchev–Trinajstić information content (AvgIpc) is 2.96. The number of carbonyl (C=O) groups excluding carboxylic acids is 2. The molecule has 1 aromatic carbocycles. The number of hydrogen-bond donors (Lipinski definition) is 0. The van der Waals surface area contributed by atoms with E-state index in [0.29, 0.717) is 54.1 Å². The van der Waals surface area contributed by atoms with E-state index in [2.05, 4.69) is 14.7 Å². The Kier molecular flexibility index (Phi) is 9.04. The number of nitrogens with zero attached hydrogens (tertiary/aromatic N) is 4. The van der Waals surface area contributed by atoms with Crippen LogP contribution in [-0.4, -0.2) is 72.0 Å². The van der Waals surface area contributed by atoms with Crippen LogP contribution in [0.2, 0.25) is 0 Å². The molecule has 0 unspecified atom stereocenters. The van der Waals surface area contributed by atoms with Gasteiger partial charge in [0, 0.05) is 68.2 Å². The minimum atomic E-state index is -0.959. The second-order valence-corrected chi connectivity index (χ2v) is 10.4. The Morgan fingerprint density at radius 2 is 1.82 bits per heavy atom. The zero-order chi connectivity index (χ0) is 28.9. The predicted octanol–water partition coefficient (Wildman–Crippen LogP) is 2.37. The SMILES string of the molecule is BC(B)(c1ccc(-c2ccc(N(C)C)nc2)c(F)c1)N(C(=O)C1CCOCC1)c1cc(/C=C/C(=O)OC)ccn1. The maximum Gasteiger partial charge on any atom is 0.330 e.